The zero-order valence-electron chi connectivity index (χ0n) is 18.7. The Balaban J connectivity index is 1.89. The van der Waals surface area contributed by atoms with E-state index in [9.17, 15) is 0 Å². The van der Waals surface area contributed by atoms with Crippen LogP contribution in [0.1, 0.15) is 50.2 Å². The largest absolute Gasteiger partial charge is 0.491 e. The highest BCUT2D eigenvalue weighted by Crippen LogP contribution is 2.40. The van der Waals surface area contributed by atoms with E-state index < -0.39 is 0 Å². The fraction of sp³-hybridized carbons (Fsp3) is 0.696. The first-order valence-corrected chi connectivity index (χ1v) is 10.9. The van der Waals surface area contributed by atoms with Crippen molar-refractivity contribution < 1.29 is 14.2 Å². The molecule has 0 heterocycles. The van der Waals surface area contributed by atoms with E-state index in [0.29, 0.717) is 31.8 Å². The van der Waals surface area contributed by atoms with Crippen LogP contribution in [-0.2, 0) is 16.0 Å². The molecular weight excluding hydrogens is 366 g/mol. The van der Waals surface area contributed by atoms with Crippen LogP contribution >= 0.6 is 0 Å². The van der Waals surface area contributed by atoms with Crippen LogP contribution in [0.2, 0.25) is 0 Å². The number of aliphatic imine (C=N–C) groups is 1. The second-order valence-corrected chi connectivity index (χ2v) is 7.89. The zero-order valence-corrected chi connectivity index (χ0v) is 18.7. The molecule has 1 aromatic carbocycles. The maximum atomic E-state index is 5.95. The van der Waals surface area contributed by atoms with Crippen molar-refractivity contribution in [3.63, 3.8) is 0 Å². The van der Waals surface area contributed by atoms with E-state index in [-0.39, 0.29) is 0 Å². The van der Waals surface area contributed by atoms with Crippen LogP contribution in [0.3, 0.4) is 0 Å². The summed E-state index contributed by atoms with van der Waals surface area (Å²) in [5.74, 6) is 1.73. The summed E-state index contributed by atoms with van der Waals surface area (Å²) in [6.07, 6.45) is 6.24. The molecule has 2 rings (SSSR count). The van der Waals surface area contributed by atoms with Gasteiger partial charge in [0.05, 0.1) is 6.61 Å². The number of guanidine groups is 1. The first kappa shape index (κ1) is 23.5. The van der Waals surface area contributed by atoms with Crippen LogP contribution in [0.15, 0.2) is 23.2 Å². The lowest BCUT2D eigenvalue weighted by Gasteiger charge is -2.30. The molecule has 0 bridgehead atoms. The highest BCUT2D eigenvalue weighted by molar-refractivity contribution is 5.79. The molecule has 0 aromatic heterocycles. The van der Waals surface area contributed by atoms with Gasteiger partial charge in [-0.1, -0.05) is 25.0 Å². The van der Waals surface area contributed by atoms with E-state index in [2.05, 4.69) is 40.7 Å². The Bertz CT molecular complexity index is 628. The van der Waals surface area contributed by atoms with Crippen molar-refractivity contribution in [2.45, 2.75) is 52.5 Å². The van der Waals surface area contributed by atoms with Gasteiger partial charge in [-0.15, -0.1) is 0 Å². The number of hydrogen-bond donors (Lipinski definition) is 2. The van der Waals surface area contributed by atoms with E-state index in [1.54, 1.807) is 7.11 Å². The Hall–Kier alpha value is -1.79. The Morgan fingerprint density at radius 2 is 1.93 bits per heavy atom. The third-order valence-electron chi connectivity index (χ3n) is 5.71. The quantitative estimate of drug-likeness (QED) is 0.316. The Morgan fingerprint density at radius 3 is 2.62 bits per heavy atom. The second kappa shape index (κ2) is 12.7. The molecule has 1 aliphatic carbocycles. The number of benzene rings is 1. The molecular formula is C23H39N3O3. The Labute approximate surface area is 176 Å². The van der Waals surface area contributed by atoms with Crippen molar-refractivity contribution in [2.75, 3.05) is 47.1 Å². The predicted octanol–water partition coefficient (Wildman–Crippen LogP) is 3.67. The SMILES string of the molecule is CCOCCOc1cc(C)ccc1CNC(=NC)NCC1(CCOC)CCCC1. The summed E-state index contributed by atoms with van der Waals surface area (Å²) in [4.78, 5) is 4.41. The van der Waals surface area contributed by atoms with Gasteiger partial charge in [0.25, 0.3) is 0 Å². The number of hydrogen-bond acceptors (Lipinski definition) is 4. The van der Waals surface area contributed by atoms with E-state index in [4.69, 9.17) is 14.2 Å². The predicted molar refractivity (Wildman–Crippen MR) is 119 cm³/mol. The molecule has 0 spiro atoms. The molecule has 164 valence electrons. The Morgan fingerprint density at radius 1 is 1.14 bits per heavy atom. The first-order chi connectivity index (χ1) is 14.1. The monoisotopic (exact) mass is 405 g/mol. The minimum atomic E-state index is 0.324. The van der Waals surface area contributed by atoms with Gasteiger partial charge in [-0.2, -0.15) is 0 Å². The summed E-state index contributed by atoms with van der Waals surface area (Å²) in [5.41, 5.74) is 2.62. The molecule has 0 radical (unpaired) electrons. The van der Waals surface area contributed by atoms with Crippen molar-refractivity contribution in [3.8, 4) is 5.75 Å². The van der Waals surface area contributed by atoms with Gasteiger partial charge in [0.15, 0.2) is 5.96 Å². The van der Waals surface area contributed by atoms with Gasteiger partial charge in [-0.05, 0) is 50.2 Å². The van der Waals surface area contributed by atoms with Crippen molar-refractivity contribution in [3.05, 3.63) is 29.3 Å². The summed E-state index contributed by atoms with van der Waals surface area (Å²) in [5, 5.41) is 6.99. The van der Waals surface area contributed by atoms with Crippen LogP contribution in [0.25, 0.3) is 0 Å². The summed E-state index contributed by atoms with van der Waals surface area (Å²) < 4.78 is 16.7. The van der Waals surface area contributed by atoms with Gasteiger partial charge >= 0.3 is 0 Å². The van der Waals surface area contributed by atoms with Gasteiger partial charge in [0.2, 0.25) is 0 Å². The average Bonchev–Trinajstić information content (AvgIpc) is 3.20. The Kier molecular flexibility index (Phi) is 10.3. The fourth-order valence-electron chi connectivity index (χ4n) is 3.93. The molecule has 0 saturated heterocycles. The number of nitrogens with one attached hydrogen (secondary N) is 2. The van der Waals surface area contributed by atoms with E-state index in [0.717, 1.165) is 36.8 Å². The summed E-state index contributed by atoms with van der Waals surface area (Å²) in [6, 6.07) is 6.31. The fourth-order valence-corrected chi connectivity index (χ4v) is 3.93. The van der Waals surface area contributed by atoms with Gasteiger partial charge in [0.1, 0.15) is 12.4 Å². The summed E-state index contributed by atoms with van der Waals surface area (Å²) in [7, 11) is 3.60. The topological polar surface area (TPSA) is 64.1 Å². The highest BCUT2D eigenvalue weighted by Gasteiger charge is 2.33. The maximum Gasteiger partial charge on any atom is 0.191 e. The number of ether oxygens (including phenoxy) is 3. The maximum absolute atomic E-state index is 5.95. The van der Waals surface area contributed by atoms with Gasteiger partial charge < -0.3 is 24.8 Å². The standard InChI is InChI=1S/C23H39N3O3/c1-5-28-14-15-29-21-16-19(2)8-9-20(21)17-25-22(24-3)26-18-23(12-13-27-4)10-6-7-11-23/h8-9,16H,5-7,10-15,17-18H2,1-4H3,(H2,24,25,26). The minimum Gasteiger partial charge on any atom is -0.491 e. The number of nitrogens with zero attached hydrogens (tertiary/aromatic N) is 1. The molecule has 1 fully saturated rings. The van der Waals surface area contributed by atoms with Gasteiger partial charge in [-0.3, -0.25) is 4.99 Å². The van der Waals surface area contributed by atoms with Gasteiger partial charge in [0, 0.05) is 46.0 Å². The first-order valence-electron chi connectivity index (χ1n) is 10.9. The lowest BCUT2D eigenvalue weighted by Crippen LogP contribution is -2.43. The molecule has 29 heavy (non-hydrogen) atoms. The zero-order chi connectivity index (χ0) is 21.0. The normalized spacial score (nSPS) is 16.1. The van der Waals surface area contributed by atoms with E-state index in [1.807, 2.05) is 14.0 Å². The van der Waals surface area contributed by atoms with E-state index in [1.165, 1.54) is 31.2 Å². The average molecular weight is 406 g/mol. The molecule has 1 aliphatic rings. The third kappa shape index (κ3) is 7.86. The van der Waals surface area contributed by atoms with Crippen LogP contribution < -0.4 is 15.4 Å². The summed E-state index contributed by atoms with van der Waals surface area (Å²) in [6.45, 7) is 8.35. The van der Waals surface area contributed by atoms with E-state index >= 15 is 0 Å². The molecule has 0 unspecified atom stereocenters. The number of rotatable bonds is 12. The second-order valence-electron chi connectivity index (χ2n) is 7.89. The molecule has 6 nitrogen and oxygen atoms in total. The highest BCUT2D eigenvalue weighted by atomic mass is 16.5. The van der Waals surface area contributed by atoms with Crippen LogP contribution in [0.4, 0.5) is 0 Å². The lowest BCUT2D eigenvalue weighted by atomic mass is 9.83. The van der Waals surface area contributed by atoms with Gasteiger partial charge in [-0.25, -0.2) is 0 Å². The minimum absolute atomic E-state index is 0.324. The molecule has 6 heteroatoms. The van der Waals surface area contributed by atoms with Crippen molar-refractivity contribution in [1.29, 1.82) is 0 Å². The molecule has 2 N–H and O–H groups in total. The molecule has 1 aromatic rings. The molecule has 1 saturated carbocycles. The summed E-state index contributed by atoms with van der Waals surface area (Å²) >= 11 is 0. The van der Waals surface area contributed by atoms with Crippen LogP contribution in [0.5, 0.6) is 5.75 Å². The van der Waals surface area contributed by atoms with Crippen molar-refractivity contribution in [1.82, 2.24) is 10.6 Å². The number of aryl methyl sites for hydroxylation is 1. The molecule has 0 atom stereocenters. The molecule has 0 aliphatic heterocycles. The lowest BCUT2D eigenvalue weighted by molar-refractivity contribution is 0.110. The van der Waals surface area contributed by atoms with Crippen LogP contribution in [-0.4, -0.2) is 53.1 Å². The third-order valence-corrected chi connectivity index (χ3v) is 5.71. The van der Waals surface area contributed by atoms with Crippen molar-refractivity contribution in [2.24, 2.45) is 10.4 Å². The van der Waals surface area contributed by atoms with Crippen molar-refractivity contribution >= 4 is 5.96 Å². The smallest absolute Gasteiger partial charge is 0.191 e. The number of methoxy groups -OCH3 is 1. The van der Waals surface area contributed by atoms with Crippen LogP contribution in [0, 0.1) is 12.3 Å². The molecule has 0 amide bonds.